The SMILES string of the molecule is COC(=O)C(C(C)C)N(C)C(=O)[C@H]1CCN(S(=O)(=O)C(Br)CBr)C1. The summed E-state index contributed by atoms with van der Waals surface area (Å²) in [5.41, 5.74) is 0. The van der Waals surface area contributed by atoms with Crippen molar-refractivity contribution >= 4 is 53.8 Å². The molecule has 140 valence electrons. The highest BCUT2D eigenvalue weighted by Gasteiger charge is 2.41. The maximum Gasteiger partial charge on any atom is 0.328 e. The lowest BCUT2D eigenvalue weighted by atomic mass is 10.00. The van der Waals surface area contributed by atoms with Gasteiger partial charge in [0.2, 0.25) is 15.9 Å². The molecule has 1 amide bonds. The van der Waals surface area contributed by atoms with E-state index in [0.29, 0.717) is 13.0 Å². The van der Waals surface area contributed by atoms with Crippen molar-refractivity contribution in [3.8, 4) is 0 Å². The molecule has 24 heavy (non-hydrogen) atoms. The molecule has 0 N–H and O–H groups in total. The highest BCUT2D eigenvalue weighted by Crippen LogP contribution is 2.27. The molecule has 0 aromatic carbocycles. The predicted molar refractivity (Wildman–Crippen MR) is 98.5 cm³/mol. The fourth-order valence-electron chi connectivity index (χ4n) is 2.83. The van der Waals surface area contributed by atoms with Gasteiger partial charge in [-0.3, -0.25) is 4.79 Å². The van der Waals surface area contributed by atoms with Crippen molar-refractivity contribution in [2.75, 3.05) is 32.6 Å². The first-order valence-electron chi connectivity index (χ1n) is 7.61. The van der Waals surface area contributed by atoms with Crippen LogP contribution < -0.4 is 0 Å². The van der Waals surface area contributed by atoms with E-state index < -0.39 is 32.1 Å². The van der Waals surface area contributed by atoms with Gasteiger partial charge in [0.25, 0.3) is 0 Å². The van der Waals surface area contributed by atoms with Crippen LogP contribution in [-0.2, 0) is 24.3 Å². The molecule has 0 radical (unpaired) electrons. The van der Waals surface area contributed by atoms with Crippen LogP contribution in [0, 0.1) is 11.8 Å². The smallest absolute Gasteiger partial charge is 0.328 e. The average molecular weight is 492 g/mol. The Morgan fingerprint density at radius 2 is 1.96 bits per heavy atom. The van der Waals surface area contributed by atoms with Crippen molar-refractivity contribution in [1.29, 1.82) is 0 Å². The van der Waals surface area contributed by atoms with Gasteiger partial charge < -0.3 is 9.64 Å². The Balaban J connectivity index is 2.85. The Morgan fingerprint density at radius 1 is 1.38 bits per heavy atom. The van der Waals surface area contributed by atoms with E-state index in [2.05, 4.69) is 31.9 Å². The minimum Gasteiger partial charge on any atom is -0.467 e. The van der Waals surface area contributed by atoms with Gasteiger partial charge in [-0.05, 0) is 12.3 Å². The molecule has 1 aliphatic rings. The number of hydrogen-bond donors (Lipinski definition) is 0. The van der Waals surface area contributed by atoms with Gasteiger partial charge in [0, 0.05) is 25.5 Å². The lowest BCUT2D eigenvalue weighted by molar-refractivity contribution is -0.155. The Morgan fingerprint density at radius 3 is 2.42 bits per heavy atom. The van der Waals surface area contributed by atoms with Crippen LogP contribution >= 0.6 is 31.9 Å². The number of carbonyl (C=O) groups is 2. The molecule has 3 atom stereocenters. The highest BCUT2D eigenvalue weighted by molar-refractivity contribution is 9.13. The summed E-state index contributed by atoms with van der Waals surface area (Å²) in [6.45, 7) is 4.10. The Labute approximate surface area is 160 Å². The lowest BCUT2D eigenvalue weighted by Gasteiger charge is -2.31. The van der Waals surface area contributed by atoms with Crippen LogP contribution in [0.2, 0.25) is 0 Å². The average Bonchev–Trinajstić information content (AvgIpc) is 3.03. The Bertz CT molecular complexity index is 570. The largest absolute Gasteiger partial charge is 0.467 e. The van der Waals surface area contributed by atoms with Gasteiger partial charge in [-0.1, -0.05) is 45.7 Å². The van der Waals surface area contributed by atoms with E-state index in [-0.39, 0.29) is 23.7 Å². The fraction of sp³-hybridized carbons (Fsp3) is 0.857. The highest BCUT2D eigenvalue weighted by atomic mass is 79.9. The molecule has 1 saturated heterocycles. The van der Waals surface area contributed by atoms with E-state index >= 15 is 0 Å². The van der Waals surface area contributed by atoms with Crippen LogP contribution in [0.4, 0.5) is 0 Å². The standard InChI is InChI=1S/C14H24Br2N2O5S/c1-9(2)12(14(20)23-4)17(3)13(19)10-5-6-18(8-10)24(21,22)11(16)7-15/h9-12H,5-8H2,1-4H3/t10-,11?,12?/m0/s1. The van der Waals surface area contributed by atoms with Crippen LogP contribution in [0.1, 0.15) is 20.3 Å². The molecular weight excluding hydrogens is 468 g/mol. The van der Waals surface area contributed by atoms with Crippen molar-refractivity contribution in [3.05, 3.63) is 0 Å². The van der Waals surface area contributed by atoms with E-state index in [1.165, 1.54) is 16.3 Å². The Kier molecular flexibility index (Phi) is 8.15. The molecule has 0 spiro atoms. The second kappa shape index (κ2) is 8.95. The van der Waals surface area contributed by atoms with E-state index in [9.17, 15) is 18.0 Å². The molecule has 2 unspecified atom stereocenters. The first-order chi connectivity index (χ1) is 11.1. The molecule has 0 bridgehead atoms. The lowest BCUT2D eigenvalue weighted by Crippen LogP contribution is -2.49. The number of ether oxygens (including phenoxy) is 1. The summed E-state index contributed by atoms with van der Waals surface area (Å²) in [5.74, 6) is -1.26. The summed E-state index contributed by atoms with van der Waals surface area (Å²) < 4.78 is 30.1. The maximum atomic E-state index is 12.7. The molecule has 7 nitrogen and oxygen atoms in total. The third kappa shape index (κ3) is 4.70. The van der Waals surface area contributed by atoms with Gasteiger partial charge in [-0.25, -0.2) is 17.5 Å². The summed E-state index contributed by atoms with van der Waals surface area (Å²) in [7, 11) is -0.647. The summed E-state index contributed by atoms with van der Waals surface area (Å²) in [6.07, 6.45) is 0.441. The molecule has 0 aliphatic carbocycles. The molecule has 1 heterocycles. The monoisotopic (exact) mass is 490 g/mol. The zero-order valence-corrected chi connectivity index (χ0v) is 18.2. The van der Waals surface area contributed by atoms with Crippen molar-refractivity contribution in [2.45, 2.75) is 30.5 Å². The van der Waals surface area contributed by atoms with Crippen LogP contribution in [0.25, 0.3) is 0 Å². The number of hydrogen-bond acceptors (Lipinski definition) is 5. The molecular formula is C14H24Br2N2O5S. The van der Waals surface area contributed by atoms with Crippen molar-refractivity contribution in [1.82, 2.24) is 9.21 Å². The number of esters is 1. The number of carbonyl (C=O) groups excluding carboxylic acids is 2. The summed E-state index contributed by atoms with van der Waals surface area (Å²) in [4.78, 5) is 26.0. The third-order valence-electron chi connectivity index (χ3n) is 4.14. The van der Waals surface area contributed by atoms with E-state index in [0.717, 1.165) is 0 Å². The summed E-state index contributed by atoms with van der Waals surface area (Å²) in [6, 6.07) is -0.681. The van der Waals surface area contributed by atoms with E-state index in [1.54, 1.807) is 7.05 Å². The minimum absolute atomic E-state index is 0.104. The number of rotatable bonds is 7. The molecule has 0 saturated carbocycles. The Hall–Kier alpha value is -0.190. The van der Waals surface area contributed by atoms with Crippen molar-refractivity contribution in [2.24, 2.45) is 11.8 Å². The van der Waals surface area contributed by atoms with Crippen LogP contribution in [0.15, 0.2) is 0 Å². The topological polar surface area (TPSA) is 84.0 Å². The van der Waals surface area contributed by atoms with Gasteiger partial charge in [-0.2, -0.15) is 0 Å². The second-order valence-electron chi connectivity index (χ2n) is 6.11. The molecule has 1 aliphatic heterocycles. The first-order valence-corrected chi connectivity index (χ1v) is 11.1. The summed E-state index contributed by atoms with van der Waals surface area (Å²) in [5, 5.41) is 0.266. The summed E-state index contributed by atoms with van der Waals surface area (Å²) >= 11 is 6.28. The fourth-order valence-corrected chi connectivity index (χ4v) is 5.77. The van der Waals surface area contributed by atoms with Gasteiger partial charge in [0.1, 0.15) is 10.2 Å². The normalized spacial score (nSPS) is 21.5. The number of halogens is 2. The number of alkyl halides is 2. The number of sulfonamides is 1. The third-order valence-corrected chi connectivity index (χ3v) is 9.69. The molecule has 1 fully saturated rings. The second-order valence-corrected chi connectivity index (χ2v) is 10.6. The van der Waals surface area contributed by atoms with Gasteiger partial charge in [0.05, 0.1) is 13.0 Å². The molecule has 0 aromatic heterocycles. The molecule has 0 aromatic rings. The maximum absolute atomic E-state index is 12.7. The van der Waals surface area contributed by atoms with E-state index in [4.69, 9.17) is 4.74 Å². The predicted octanol–water partition coefficient (Wildman–Crippen LogP) is 1.41. The quantitative estimate of drug-likeness (QED) is 0.397. The van der Waals surface area contributed by atoms with E-state index in [1.807, 2.05) is 13.8 Å². The number of methoxy groups -OCH3 is 1. The van der Waals surface area contributed by atoms with Crippen LogP contribution in [0.5, 0.6) is 0 Å². The minimum atomic E-state index is -3.50. The van der Waals surface area contributed by atoms with Crippen LogP contribution in [-0.4, -0.2) is 72.3 Å². The molecule has 10 heteroatoms. The van der Waals surface area contributed by atoms with Gasteiger partial charge in [-0.15, -0.1) is 0 Å². The zero-order valence-electron chi connectivity index (χ0n) is 14.2. The van der Waals surface area contributed by atoms with Gasteiger partial charge >= 0.3 is 5.97 Å². The first kappa shape index (κ1) is 21.9. The van der Waals surface area contributed by atoms with Crippen LogP contribution in [0.3, 0.4) is 0 Å². The number of nitrogens with zero attached hydrogens (tertiary/aromatic N) is 2. The zero-order chi connectivity index (χ0) is 18.7. The number of likely N-dealkylation sites (N-methyl/N-ethyl adjacent to an activating group) is 1. The van der Waals surface area contributed by atoms with Crippen molar-refractivity contribution < 1.29 is 22.7 Å². The van der Waals surface area contributed by atoms with Gasteiger partial charge in [0.15, 0.2) is 0 Å². The number of amides is 1. The molecule has 1 rings (SSSR count). The van der Waals surface area contributed by atoms with Crippen molar-refractivity contribution in [3.63, 3.8) is 0 Å².